The van der Waals surface area contributed by atoms with E-state index in [9.17, 15) is 9.18 Å². The number of halogens is 1. The minimum atomic E-state index is -0.227. The van der Waals surface area contributed by atoms with Gasteiger partial charge in [-0.3, -0.25) is 14.8 Å². The van der Waals surface area contributed by atoms with E-state index in [2.05, 4.69) is 10.4 Å². The lowest BCUT2D eigenvalue weighted by atomic mass is 10.0. The molecule has 5 nitrogen and oxygen atoms in total. The molecule has 2 atom stereocenters. The number of nitrogens with one attached hydrogen (secondary N) is 1. The lowest BCUT2D eigenvalue weighted by molar-refractivity contribution is -0.119. The number of anilines is 1. The number of thioether (sulfide) groups is 1. The van der Waals surface area contributed by atoms with Crippen LogP contribution in [-0.4, -0.2) is 34.0 Å². The highest BCUT2D eigenvalue weighted by atomic mass is 32.2. The van der Waals surface area contributed by atoms with Crippen molar-refractivity contribution in [3.8, 4) is 0 Å². The third-order valence-corrected chi connectivity index (χ3v) is 5.74. The molecule has 0 unspecified atom stereocenters. The summed E-state index contributed by atoms with van der Waals surface area (Å²) in [7, 11) is 1.84. The Bertz CT molecular complexity index is 778. The largest absolute Gasteiger partial charge is 0.308 e. The van der Waals surface area contributed by atoms with Crippen molar-refractivity contribution in [1.82, 2.24) is 15.1 Å². The molecule has 0 aliphatic carbocycles. The van der Waals surface area contributed by atoms with Crippen molar-refractivity contribution in [1.29, 1.82) is 0 Å². The molecule has 0 spiro atoms. The van der Waals surface area contributed by atoms with Crippen LogP contribution < -0.4 is 10.2 Å². The lowest BCUT2D eigenvalue weighted by Gasteiger charge is -2.28. The van der Waals surface area contributed by atoms with Crippen molar-refractivity contribution in [2.75, 3.05) is 17.2 Å². The minimum Gasteiger partial charge on any atom is -0.308 e. The molecule has 1 aromatic heterocycles. The monoisotopic (exact) mass is 346 g/mol. The third-order valence-electron chi connectivity index (χ3n) is 4.62. The Morgan fingerprint density at radius 3 is 3.00 bits per heavy atom. The number of hydrogen-bond donors (Lipinski definition) is 1. The van der Waals surface area contributed by atoms with E-state index in [-0.39, 0.29) is 23.8 Å². The molecule has 0 radical (unpaired) electrons. The second kappa shape index (κ2) is 6.22. The fraction of sp³-hybridized carbons (Fsp3) is 0.412. The number of hydrogen-bond acceptors (Lipinski definition) is 4. The van der Waals surface area contributed by atoms with Gasteiger partial charge in [0.15, 0.2) is 0 Å². The van der Waals surface area contributed by atoms with Crippen LogP contribution >= 0.6 is 11.8 Å². The standard InChI is InChI=1S/C17H19FN4OS/c1-21-10-12(9-19-21)22-6-4-15(17(22)23)20-14-5-7-24-16-3-2-11(18)8-13(14)16/h2-3,8-10,14-15,20H,4-7H2,1H3/t14-,15+/m0/s1. The van der Waals surface area contributed by atoms with E-state index < -0.39 is 0 Å². The first-order valence-electron chi connectivity index (χ1n) is 8.10. The maximum absolute atomic E-state index is 13.6. The minimum absolute atomic E-state index is 0.0275. The van der Waals surface area contributed by atoms with Crippen molar-refractivity contribution in [3.63, 3.8) is 0 Å². The van der Waals surface area contributed by atoms with Crippen LogP contribution in [-0.2, 0) is 11.8 Å². The number of fused-ring (bicyclic) bond motifs is 1. The van der Waals surface area contributed by atoms with Crippen LogP contribution in [0.2, 0.25) is 0 Å². The normalized spacial score (nSPS) is 23.6. The molecule has 3 heterocycles. The summed E-state index contributed by atoms with van der Waals surface area (Å²) in [4.78, 5) is 15.6. The molecule has 1 saturated heterocycles. The average Bonchev–Trinajstić information content (AvgIpc) is 3.14. The Hall–Kier alpha value is -1.86. The van der Waals surface area contributed by atoms with Gasteiger partial charge in [0, 0.05) is 30.7 Å². The molecule has 0 saturated carbocycles. The Kier molecular flexibility index (Phi) is 4.05. The first-order valence-corrected chi connectivity index (χ1v) is 9.09. The molecule has 2 aromatic rings. The highest BCUT2D eigenvalue weighted by Gasteiger charge is 2.35. The van der Waals surface area contributed by atoms with Crippen molar-refractivity contribution in [2.24, 2.45) is 7.05 Å². The van der Waals surface area contributed by atoms with Gasteiger partial charge < -0.3 is 4.90 Å². The molecule has 1 fully saturated rings. The summed E-state index contributed by atoms with van der Waals surface area (Å²) in [6, 6.07) is 4.73. The van der Waals surface area contributed by atoms with E-state index >= 15 is 0 Å². The zero-order chi connectivity index (χ0) is 16.7. The van der Waals surface area contributed by atoms with E-state index in [0.717, 1.165) is 34.7 Å². The number of aromatic nitrogens is 2. The molecule has 0 bridgehead atoms. The quantitative estimate of drug-likeness (QED) is 0.928. The maximum Gasteiger partial charge on any atom is 0.244 e. The first-order chi connectivity index (χ1) is 11.6. The Balaban J connectivity index is 1.51. The summed E-state index contributed by atoms with van der Waals surface area (Å²) in [5, 5.41) is 7.59. The van der Waals surface area contributed by atoms with Crippen molar-refractivity contribution >= 4 is 23.4 Å². The third kappa shape index (κ3) is 2.82. The zero-order valence-electron chi connectivity index (χ0n) is 13.4. The van der Waals surface area contributed by atoms with Crippen LogP contribution in [0.3, 0.4) is 0 Å². The zero-order valence-corrected chi connectivity index (χ0v) is 14.2. The summed E-state index contributed by atoms with van der Waals surface area (Å²) >= 11 is 1.75. The van der Waals surface area contributed by atoms with Crippen LogP contribution in [0, 0.1) is 5.82 Å². The second-order valence-corrected chi connectivity index (χ2v) is 7.38. The number of benzene rings is 1. The molecular formula is C17H19FN4OS. The molecular weight excluding hydrogens is 327 g/mol. The summed E-state index contributed by atoms with van der Waals surface area (Å²) in [6.07, 6.45) is 5.21. The number of amides is 1. The Morgan fingerprint density at radius 2 is 2.21 bits per heavy atom. The van der Waals surface area contributed by atoms with E-state index in [1.54, 1.807) is 33.6 Å². The first kappa shape index (κ1) is 15.7. The van der Waals surface area contributed by atoms with Crippen LogP contribution in [0.5, 0.6) is 0 Å². The summed E-state index contributed by atoms with van der Waals surface area (Å²) in [6.45, 7) is 0.680. The smallest absolute Gasteiger partial charge is 0.244 e. The molecule has 7 heteroatoms. The SMILES string of the molecule is Cn1cc(N2CC[C@@H](N[C@H]3CCSc4ccc(F)cc43)C2=O)cn1. The lowest BCUT2D eigenvalue weighted by Crippen LogP contribution is -2.41. The van der Waals surface area contributed by atoms with Gasteiger partial charge in [0.2, 0.25) is 5.91 Å². The molecule has 2 aliphatic rings. The van der Waals surface area contributed by atoms with E-state index in [1.165, 1.54) is 6.07 Å². The number of nitrogens with zero attached hydrogens (tertiary/aromatic N) is 3. The van der Waals surface area contributed by atoms with Gasteiger partial charge in [-0.1, -0.05) is 0 Å². The predicted molar refractivity (Wildman–Crippen MR) is 91.6 cm³/mol. The van der Waals surface area contributed by atoms with E-state index in [4.69, 9.17) is 0 Å². The summed E-state index contributed by atoms with van der Waals surface area (Å²) in [5.41, 5.74) is 1.80. The molecule has 1 aromatic carbocycles. The average molecular weight is 346 g/mol. The van der Waals surface area contributed by atoms with Gasteiger partial charge in [0.1, 0.15) is 5.82 Å². The fourth-order valence-electron chi connectivity index (χ4n) is 3.42. The van der Waals surface area contributed by atoms with Crippen molar-refractivity contribution < 1.29 is 9.18 Å². The van der Waals surface area contributed by atoms with Gasteiger partial charge >= 0.3 is 0 Å². The van der Waals surface area contributed by atoms with Crippen molar-refractivity contribution in [2.45, 2.75) is 29.8 Å². The van der Waals surface area contributed by atoms with Gasteiger partial charge in [0.05, 0.1) is 17.9 Å². The van der Waals surface area contributed by atoms with Crippen LogP contribution in [0.25, 0.3) is 0 Å². The van der Waals surface area contributed by atoms with Gasteiger partial charge in [-0.25, -0.2) is 4.39 Å². The fourth-order valence-corrected chi connectivity index (χ4v) is 4.53. The molecule has 1 amide bonds. The van der Waals surface area contributed by atoms with Gasteiger partial charge in [0.25, 0.3) is 0 Å². The van der Waals surface area contributed by atoms with E-state index in [0.29, 0.717) is 6.54 Å². The summed E-state index contributed by atoms with van der Waals surface area (Å²) < 4.78 is 15.3. The van der Waals surface area contributed by atoms with Crippen LogP contribution in [0.15, 0.2) is 35.5 Å². The molecule has 4 rings (SSSR count). The highest BCUT2D eigenvalue weighted by molar-refractivity contribution is 7.99. The molecule has 2 aliphatic heterocycles. The van der Waals surface area contributed by atoms with Crippen molar-refractivity contribution in [3.05, 3.63) is 42.0 Å². The number of carbonyl (C=O) groups is 1. The molecule has 126 valence electrons. The van der Waals surface area contributed by atoms with Gasteiger partial charge in [-0.05, 0) is 42.4 Å². The molecule has 24 heavy (non-hydrogen) atoms. The molecule has 1 N–H and O–H groups in total. The highest BCUT2D eigenvalue weighted by Crippen LogP contribution is 2.37. The Labute approximate surface area is 144 Å². The summed E-state index contributed by atoms with van der Waals surface area (Å²) in [5.74, 6) is 0.820. The van der Waals surface area contributed by atoms with E-state index in [1.807, 2.05) is 19.3 Å². The maximum atomic E-state index is 13.6. The van der Waals surface area contributed by atoms with Crippen LogP contribution in [0.1, 0.15) is 24.4 Å². The number of carbonyl (C=O) groups excluding carboxylic acids is 1. The second-order valence-electron chi connectivity index (χ2n) is 6.24. The predicted octanol–water partition coefficient (Wildman–Crippen LogP) is 2.49. The topological polar surface area (TPSA) is 50.2 Å². The van der Waals surface area contributed by atoms with Gasteiger partial charge in [-0.15, -0.1) is 11.8 Å². The number of rotatable bonds is 3. The van der Waals surface area contributed by atoms with Crippen LogP contribution in [0.4, 0.5) is 10.1 Å². The Morgan fingerprint density at radius 1 is 1.33 bits per heavy atom. The number of aryl methyl sites for hydroxylation is 1. The van der Waals surface area contributed by atoms with Gasteiger partial charge in [-0.2, -0.15) is 5.10 Å².